The van der Waals surface area contributed by atoms with Gasteiger partial charge in [0.2, 0.25) is 0 Å². The van der Waals surface area contributed by atoms with E-state index in [1.807, 2.05) is 12.1 Å². The molecule has 0 radical (unpaired) electrons. The van der Waals surface area contributed by atoms with E-state index in [1.54, 1.807) is 13.2 Å². The van der Waals surface area contributed by atoms with Gasteiger partial charge >= 0.3 is 0 Å². The Morgan fingerprint density at radius 3 is 2.88 bits per heavy atom. The van der Waals surface area contributed by atoms with E-state index < -0.39 is 0 Å². The molecule has 0 amide bonds. The van der Waals surface area contributed by atoms with Crippen LogP contribution in [0.3, 0.4) is 0 Å². The van der Waals surface area contributed by atoms with E-state index in [2.05, 4.69) is 0 Å². The monoisotopic (exact) mass is 239 g/mol. The number of hydrogen-bond donors (Lipinski definition) is 1. The number of halogens is 1. The van der Waals surface area contributed by atoms with Gasteiger partial charge in [0.1, 0.15) is 5.75 Å². The standard InChI is InChI=1S/C12H14ClNO2/c1-15-12-6-9(10(13)7-11(12)14)8-2-4-16-5-3-8/h2,6-7H,3-5,14H2,1H3. The molecule has 0 bridgehead atoms. The van der Waals surface area contributed by atoms with Crippen LogP contribution in [0.15, 0.2) is 18.2 Å². The van der Waals surface area contributed by atoms with Crippen LogP contribution in [-0.2, 0) is 4.74 Å². The summed E-state index contributed by atoms with van der Waals surface area (Å²) < 4.78 is 10.5. The zero-order valence-electron chi connectivity index (χ0n) is 9.13. The van der Waals surface area contributed by atoms with Gasteiger partial charge < -0.3 is 15.2 Å². The van der Waals surface area contributed by atoms with Crippen molar-refractivity contribution in [1.82, 2.24) is 0 Å². The summed E-state index contributed by atoms with van der Waals surface area (Å²) in [5, 5.41) is 0.659. The summed E-state index contributed by atoms with van der Waals surface area (Å²) >= 11 is 6.17. The van der Waals surface area contributed by atoms with Gasteiger partial charge in [0.25, 0.3) is 0 Å². The smallest absolute Gasteiger partial charge is 0.142 e. The molecule has 1 aliphatic heterocycles. The van der Waals surface area contributed by atoms with E-state index in [9.17, 15) is 0 Å². The van der Waals surface area contributed by atoms with Crippen molar-refractivity contribution in [2.24, 2.45) is 0 Å². The van der Waals surface area contributed by atoms with Crippen molar-refractivity contribution in [2.45, 2.75) is 6.42 Å². The number of rotatable bonds is 2. The summed E-state index contributed by atoms with van der Waals surface area (Å²) in [5.74, 6) is 0.659. The molecule has 1 aromatic carbocycles. The first-order valence-corrected chi connectivity index (χ1v) is 5.50. The highest BCUT2D eigenvalue weighted by Crippen LogP contribution is 2.34. The highest BCUT2D eigenvalue weighted by molar-refractivity contribution is 6.32. The summed E-state index contributed by atoms with van der Waals surface area (Å²) in [6.07, 6.45) is 2.91. The van der Waals surface area contributed by atoms with E-state index in [0.717, 1.165) is 18.6 Å². The minimum Gasteiger partial charge on any atom is -0.495 e. The first-order chi connectivity index (χ1) is 7.72. The molecule has 2 N–H and O–H groups in total. The molecule has 1 aliphatic rings. The molecule has 86 valence electrons. The first kappa shape index (κ1) is 11.3. The molecule has 3 nitrogen and oxygen atoms in total. The lowest BCUT2D eigenvalue weighted by Crippen LogP contribution is -2.04. The Balaban J connectivity index is 2.43. The summed E-state index contributed by atoms with van der Waals surface area (Å²) in [6.45, 7) is 1.37. The van der Waals surface area contributed by atoms with Crippen LogP contribution in [-0.4, -0.2) is 20.3 Å². The average molecular weight is 240 g/mol. The van der Waals surface area contributed by atoms with Crippen LogP contribution >= 0.6 is 11.6 Å². The largest absolute Gasteiger partial charge is 0.495 e. The Labute approximate surface area is 99.8 Å². The molecular weight excluding hydrogens is 226 g/mol. The van der Waals surface area contributed by atoms with Crippen LogP contribution in [0.4, 0.5) is 5.69 Å². The quantitative estimate of drug-likeness (QED) is 0.808. The molecule has 0 saturated heterocycles. The van der Waals surface area contributed by atoms with Crippen LogP contribution < -0.4 is 10.5 Å². The number of nitrogen functional groups attached to an aromatic ring is 1. The first-order valence-electron chi connectivity index (χ1n) is 5.12. The number of anilines is 1. The fourth-order valence-corrected chi connectivity index (χ4v) is 2.06. The Hall–Kier alpha value is -1.19. The Morgan fingerprint density at radius 1 is 1.44 bits per heavy atom. The van der Waals surface area contributed by atoms with Crippen molar-refractivity contribution < 1.29 is 9.47 Å². The summed E-state index contributed by atoms with van der Waals surface area (Å²) in [4.78, 5) is 0. The van der Waals surface area contributed by atoms with Gasteiger partial charge in [0.15, 0.2) is 0 Å². The van der Waals surface area contributed by atoms with Gasteiger partial charge in [0, 0.05) is 0 Å². The summed E-state index contributed by atoms with van der Waals surface area (Å²) in [7, 11) is 1.60. The average Bonchev–Trinajstić information content (AvgIpc) is 2.30. The maximum Gasteiger partial charge on any atom is 0.142 e. The van der Waals surface area contributed by atoms with Gasteiger partial charge in [0.05, 0.1) is 31.0 Å². The Morgan fingerprint density at radius 2 is 2.25 bits per heavy atom. The second-order valence-electron chi connectivity index (χ2n) is 3.63. The van der Waals surface area contributed by atoms with E-state index in [4.69, 9.17) is 26.8 Å². The van der Waals surface area contributed by atoms with E-state index >= 15 is 0 Å². The molecule has 0 fully saturated rings. The lowest BCUT2D eigenvalue weighted by molar-refractivity contribution is 0.161. The lowest BCUT2D eigenvalue weighted by Gasteiger charge is -2.16. The molecule has 0 aromatic heterocycles. The number of methoxy groups -OCH3 is 1. The molecule has 4 heteroatoms. The third-order valence-electron chi connectivity index (χ3n) is 2.63. The highest BCUT2D eigenvalue weighted by Gasteiger charge is 2.13. The Bertz CT molecular complexity index is 429. The van der Waals surface area contributed by atoms with Crippen molar-refractivity contribution >= 4 is 22.9 Å². The fraction of sp³-hybridized carbons (Fsp3) is 0.333. The molecule has 2 rings (SSSR count). The summed E-state index contributed by atoms with van der Waals surface area (Å²) in [6, 6.07) is 3.61. The van der Waals surface area contributed by atoms with E-state index in [-0.39, 0.29) is 0 Å². The molecule has 0 spiro atoms. The normalized spacial score (nSPS) is 15.8. The fourth-order valence-electron chi connectivity index (χ4n) is 1.76. The van der Waals surface area contributed by atoms with Crippen molar-refractivity contribution in [3.8, 4) is 5.75 Å². The number of nitrogens with two attached hydrogens (primary N) is 1. The second-order valence-corrected chi connectivity index (χ2v) is 4.04. The maximum absolute atomic E-state index is 6.17. The predicted octanol–water partition coefficient (Wildman–Crippen LogP) is 2.73. The summed E-state index contributed by atoms with van der Waals surface area (Å²) in [5.41, 5.74) is 8.51. The molecule has 0 unspecified atom stereocenters. The number of hydrogen-bond acceptors (Lipinski definition) is 3. The minimum atomic E-state index is 0.559. The van der Waals surface area contributed by atoms with Gasteiger partial charge in [-0.25, -0.2) is 0 Å². The zero-order chi connectivity index (χ0) is 11.5. The maximum atomic E-state index is 6.17. The second kappa shape index (κ2) is 4.76. The minimum absolute atomic E-state index is 0.559. The van der Waals surface area contributed by atoms with Crippen molar-refractivity contribution in [3.63, 3.8) is 0 Å². The van der Waals surface area contributed by atoms with Gasteiger partial charge in [-0.1, -0.05) is 17.7 Å². The van der Waals surface area contributed by atoms with Crippen LogP contribution in [0.1, 0.15) is 12.0 Å². The van der Waals surface area contributed by atoms with Gasteiger partial charge in [-0.15, -0.1) is 0 Å². The van der Waals surface area contributed by atoms with Crippen LogP contribution in [0.5, 0.6) is 5.75 Å². The van der Waals surface area contributed by atoms with Crippen LogP contribution in [0.25, 0.3) is 5.57 Å². The SMILES string of the molecule is COc1cc(C2=CCOCC2)c(Cl)cc1N. The van der Waals surface area contributed by atoms with Gasteiger partial charge in [-0.2, -0.15) is 0 Å². The topological polar surface area (TPSA) is 44.5 Å². The molecule has 16 heavy (non-hydrogen) atoms. The van der Waals surface area contributed by atoms with Crippen LogP contribution in [0, 0.1) is 0 Å². The predicted molar refractivity (Wildman–Crippen MR) is 65.8 cm³/mol. The van der Waals surface area contributed by atoms with Gasteiger partial charge in [-0.3, -0.25) is 0 Å². The zero-order valence-corrected chi connectivity index (χ0v) is 9.88. The number of ether oxygens (including phenoxy) is 2. The van der Waals surface area contributed by atoms with Crippen molar-refractivity contribution in [2.75, 3.05) is 26.1 Å². The van der Waals surface area contributed by atoms with E-state index in [1.165, 1.54) is 5.57 Å². The Kier molecular flexibility index (Phi) is 3.36. The number of benzene rings is 1. The van der Waals surface area contributed by atoms with E-state index in [0.29, 0.717) is 23.1 Å². The molecule has 0 saturated carbocycles. The van der Waals surface area contributed by atoms with Gasteiger partial charge in [-0.05, 0) is 29.7 Å². The highest BCUT2D eigenvalue weighted by atomic mass is 35.5. The third kappa shape index (κ3) is 2.15. The third-order valence-corrected chi connectivity index (χ3v) is 2.94. The van der Waals surface area contributed by atoms with Crippen molar-refractivity contribution in [1.29, 1.82) is 0 Å². The molecule has 0 atom stereocenters. The lowest BCUT2D eigenvalue weighted by atomic mass is 10.0. The molecule has 1 heterocycles. The molecule has 0 aliphatic carbocycles. The molecular formula is C12H14ClNO2. The van der Waals surface area contributed by atoms with Crippen molar-refractivity contribution in [3.05, 3.63) is 28.8 Å². The molecule has 1 aromatic rings. The van der Waals surface area contributed by atoms with Crippen LogP contribution in [0.2, 0.25) is 5.02 Å².